The van der Waals surface area contributed by atoms with Crippen molar-refractivity contribution in [2.75, 3.05) is 0 Å². The van der Waals surface area contributed by atoms with Crippen LogP contribution in [0.5, 0.6) is 0 Å². The van der Waals surface area contributed by atoms with Gasteiger partial charge in [-0.25, -0.2) is 9.36 Å². The molecular formula is C19H20NO7P. The van der Waals surface area contributed by atoms with Crippen LogP contribution in [0.25, 0.3) is 6.08 Å². The molecule has 2 aromatic rings. The zero-order valence-electron chi connectivity index (χ0n) is 15.0. The van der Waals surface area contributed by atoms with Crippen LogP contribution < -0.4 is 5.48 Å². The number of hydrogen-bond donors (Lipinski definition) is 3. The van der Waals surface area contributed by atoms with E-state index in [0.29, 0.717) is 5.56 Å². The summed E-state index contributed by atoms with van der Waals surface area (Å²) >= 11 is 0. The third-order valence-corrected chi connectivity index (χ3v) is 3.94. The number of carbonyl (C=O) groups is 2. The van der Waals surface area contributed by atoms with E-state index in [1.54, 1.807) is 54.6 Å². The van der Waals surface area contributed by atoms with Gasteiger partial charge in [-0.05, 0) is 24.1 Å². The summed E-state index contributed by atoms with van der Waals surface area (Å²) in [7, 11) is -4.88. The summed E-state index contributed by atoms with van der Waals surface area (Å²) in [6.45, 7) is 1.45. The van der Waals surface area contributed by atoms with Crippen LogP contribution in [0.1, 0.15) is 28.4 Å². The second-order valence-electron chi connectivity index (χ2n) is 5.83. The Morgan fingerprint density at radius 2 is 1.75 bits per heavy atom. The van der Waals surface area contributed by atoms with Gasteiger partial charge in [-0.1, -0.05) is 60.7 Å². The molecule has 28 heavy (non-hydrogen) atoms. The lowest BCUT2D eigenvalue weighted by Gasteiger charge is -2.13. The second-order valence-corrected chi connectivity index (χ2v) is 7.00. The van der Waals surface area contributed by atoms with Crippen LogP contribution in [0.15, 0.2) is 60.7 Å². The highest BCUT2D eigenvalue weighted by Crippen LogP contribution is 2.36. The SMILES string of the molecule is C[C@H](NOCc1ccc(/C=C/C(=O)c2ccccc2)cc1)C(=O)OP(=O)(O)O. The quantitative estimate of drug-likeness (QED) is 0.252. The van der Waals surface area contributed by atoms with Gasteiger partial charge in [-0.3, -0.25) is 19.4 Å². The predicted octanol–water partition coefficient (Wildman–Crippen LogP) is 2.63. The molecule has 2 aromatic carbocycles. The van der Waals surface area contributed by atoms with Crippen LogP contribution >= 0.6 is 7.82 Å². The number of ketones is 1. The molecule has 9 heteroatoms. The van der Waals surface area contributed by atoms with E-state index in [4.69, 9.17) is 14.6 Å². The number of phosphoric acid groups is 1. The summed E-state index contributed by atoms with van der Waals surface area (Å²) in [5.74, 6) is -1.22. The highest BCUT2D eigenvalue weighted by molar-refractivity contribution is 7.46. The molecule has 0 heterocycles. The third kappa shape index (κ3) is 7.56. The van der Waals surface area contributed by atoms with Crippen molar-refractivity contribution in [2.45, 2.75) is 19.6 Å². The van der Waals surface area contributed by atoms with Crippen molar-refractivity contribution < 1.29 is 33.3 Å². The fraction of sp³-hybridized carbons (Fsp3) is 0.158. The van der Waals surface area contributed by atoms with Crippen molar-refractivity contribution in [3.63, 3.8) is 0 Å². The van der Waals surface area contributed by atoms with E-state index >= 15 is 0 Å². The van der Waals surface area contributed by atoms with Gasteiger partial charge in [0.25, 0.3) is 0 Å². The molecule has 0 aliphatic heterocycles. The third-order valence-electron chi connectivity index (χ3n) is 3.53. The molecule has 3 N–H and O–H groups in total. The van der Waals surface area contributed by atoms with Crippen LogP contribution in [-0.2, 0) is 25.3 Å². The number of carbonyl (C=O) groups excluding carboxylic acids is 2. The molecular weight excluding hydrogens is 385 g/mol. The molecule has 0 aromatic heterocycles. The fourth-order valence-corrected chi connectivity index (χ4v) is 2.48. The number of allylic oxidation sites excluding steroid dienone is 1. The van der Waals surface area contributed by atoms with Crippen molar-refractivity contribution in [1.29, 1.82) is 0 Å². The molecule has 0 radical (unpaired) electrons. The van der Waals surface area contributed by atoms with Gasteiger partial charge in [0.05, 0.1) is 6.61 Å². The molecule has 0 saturated carbocycles. The Bertz CT molecular complexity index is 875. The van der Waals surface area contributed by atoms with E-state index < -0.39 is 19.8 Å². The van der Waals surface area contributed by atoms with E-state index in [2.05, 4.69) is 10.0 Å². The van der Waals surface area contributed by atoms with Crippen LogP contribution in [0, 0.1) is 0 Å². The molecule has 0 fully saturated rings. The standard InChI is InChI=1S/C19H20NO7P/c1-14(19(22)27-28(23,24)25)20-26-13-16-9-7-15(8-10-16)11-12-18(21)17-5-3-2-4-6-17/h2-12,14,20H,13H2,1H3,(H2,23,24,25)/b12-11+/t14-/m0/s1. The molecule has 0 amide bonds. The maximum atomic E-state index is 12.0. The van der Waals surface area contributed by atoms with Gasteiger partial charge in [0.1, 0.15) is 6.04 Å². The molecule has 0 saturated heterocycles. The maximum absolute atomic E-state index is 12.0. The molecule has 0 spiro atoms. The van der Waals surface area contributed by atoms with Gasteiger partial charge < -0.3 is 4.52 Å². The summed E-state index contributed by atoms with van der Waals surface area (Å²) in [6, 6.07) is 15.1. The monoisotopic (exact) mass is 405 g/mol. The number of rotatable bonds is 9. The van der Waals surface area contributed by atoms with Crippen molar-refractivity contribution in [3.8, 4) is 0 Å². The smallest absolute Gasteiger partial charge is 0.369 e. The molecule has 2 rings (SSSR count). The first kappa shape index (κ1) is 21.7. The van der Waals surface area contributed by atoms with E-state index in [-0.39, 0.29) is 12.4 Å². The van der Waals surface area contributed by atoms with Gasteiger partial charge in [0, 0.05) is 5.56 Å². The summed E-state index contributed by atoms with van der Waals surface area (Å²) in [5, 5.41) is 0. The average molecular weight is 405 g/mol. The molecule has 1 atom stereocenters. The molecule has 8 nitrogen and oxygen atoms in total. The van der Waals surface area contributed by atoms with Crippen LogP contribution in [0.2, 0.25) is 0 Å². The Hall–Kier alpha value is -2.61. The number of hydrogen-bond acceptors (Lipinski definition) is 6. The topological polar surface area (TPSA) is 122 Å². The van der Waals surface area contributed by atoms with Crippen molar-refractivity contribution in [1.82, 2.24) is 5.48 Å². The molecule has 0 aliphatic carbocycles. The first-order chi connectivity index (χ1) is 13.2. The zero-order chi connectivity index (χ0) is 20.6. The lowest BCUT2D eigenvalue weighted by Crippen LogP contribution is -2.34. The summed E-state index contributed by atoms with van der Waals surface area (Å²) in [5.41, 5.74) is 4.58. The van der Waals surface area contributed by atoms with Gasteiger partial charge in [-0.2, -0.15) is 5.48 Å². The van der Waals surface area contributed by atoms with Crippen molar-refractivity contribution in [2.24, 2.45) is 0 Å². The lowest BCUT2D eigenvalue weighted by molar-refractivity contribution is -0.142. The Balaban J connectivity index is 1.81. The summed E-state index contributed by atoms with van der Waals surface area (Å²) < 4.78 is 14.6. The lowest BCUT2D eigenvalue weighted by atomic mass is 10.1. The fourth-order valence-electron chi connectivity index (χ4n) is 2.09. The Labute approximate surface area is 162 Å². The van der Waals surface area contributed by atoms with Crippen LogP contribution in [0.3, 0.4) is 0 Å². The minimum atomic E-state index is -4.88. The number of phosphoric ester groups is 1. The Morgan fingerprint density at radius 1 is 1.11 bits per heavy atom. The summed E-state index contributed by atoms with van der Waals surface area (Å²) in [6.07, 6.45) is 3.20. The van der Waals surface area contributed by atoms with E-state index in [9.17, 15) is 14.2 Å². The van der Waals surface area contributed by atoms with Gasteiger partial charge in [0.2, 0.25) is 0 Å². The minimum Gasteiger partial charge on any atom is -0.369 e. The Morgan fingerprint density at radius 3 is 2.36 bits per heavy atom. The average Bonchev–Trinajstić information content (AvgIpc) is 2.66. The van der Waals surface area contributed by atoms with Crippen molar-refractivity contribution in [3.05, 3.63) is 77.4 Å². The van der Waals surface area contributed by atoms with Crippen molar-refractivity contribution >= 4 is 25.7 Å². The van der Waals surface area contributed by atoms with Gasteiger partial charge in [-0.15, -0.1) is 0 Å². The number of hydroxylamine groups is 1. The molecule has 0 aliphatic rings. The molecule has 0 unspecified atom stereocenters. The second kappa shape index (κ2) is 10.1. The van der Waals surface area contributed by atoms with Gasteiger partial charge in [0.15, 0.2) is 5.78 Å². The van der Waals surface area contributed by atoms with Crippen LogP contribution in [0.4, 0.5) is 0 Å². The largest absolute Gasteiger partial charge is 0.527 e. The highest BCUT2D eigenvalue weighted by Gasteiger charge is 2.24. The zero-order valence-corrected chi connectivity index (χ0v) is 15.9. The van der Waals surface area contributed by atoms with Crippen LogP contribution in [-0.4, -0.2) is 27.6 Å². The first-order valence-electron chi connectivity index (χ1n) is 8.27. The first-order valence-corrected chi connectivity index (χ1v) is 9.80. The Kier molecular flexibility index (Phi) is 7.80. The summed E-state index contributed by atoms with van der Waals surface area (Å²) in [4.78, 5) is 45.7. The predicted molar refractivity (Wildman–Crippen MR) is 102 cm³/mol. The minimum absolute atomic E-state index is 0.0895. The highest BCUT2D eigenvalue weighted by atomic mass is 31.2. The molecule has 0 bridgehead atoms. The molecule has 148 valence electrons. The van der Waals surface area contributed by atoms with E-state index in [0.717, 1.165) is 11.1 Å². The normalized spacial score (nSPS) is 12.7. The number of nitrogens with one attached hydrogen (secondary N) is 1. The van der Waals surface area contributed by atoms with E-state index in [1.165, 1.54) is 13.0 Å². The maximum Gasteiger partial charge on any atom is 0.527 e. The number of benzene rings is 2. The van der Waals surface area contributed by atoms with Gasteiger partial charge >= 0.3 is 13.8 Å². The van der Waals surface area contributed by atoms with E-state index in [1.807, 2.05) is 6.07 Å².